The van der Waals surface area contributed by atoms with Gasteiger partial charge in [0, 0.05) is 16.1 Å². The molecule has 0 aromatic heterocycles. The van der Waals surface area contributed by atoms with Crippen LogP contribution in [0.5, 0.6) is 5.75 Å². The first kappa shape index (κ1) is 18.1. The highest BCUT2D eigenvalue weighted by Crippen LogP contribution is 2.30. The van der Waals surface area contributed by atoms with Crippen molar-refractivity contribution in [2.24, 2.45) is 5.10 Å². The molecule has 6 nitrogen and oxygen atoms in total. The number of carbonyl (C=O) groups is 1. The summed E-state index contributed by atoms with van der Waals surface area (Å²) < 4.78 is 1.33. The summed E-state index contributed by atoms with van der Waals surface area (Å²) in [6.45, 7) is 0. The summed E-state index contributed by atoms with van der Waals surface area (Å²) in [6.07, 6.45) is 2.03. The van der Waals surface area contributed by atoms with Gasteiger partial charge in [-0.2, -0.15) is 5.10 Å². The first-order valence-corrected chi connectivity index (χ1v) is 9.20. The van der Waals surface area contributed by atoms with Crippen molar-refractivity contribution in [3.8, 4) is 5.75 Å². The molecule has 2 atom stereocenters. The van der Waals surface area contributed by atoms with Crippen molar-refractivity contribution in [1.29, 1.82) is 0 Å². The van der Waals surface area contributed by atoms with Gasteiger partial charge < -0.3 is 5.11 Å². The molecule has 2 unspecified atom stereocenters. The summed E-state index contributed by atoms with van der Waals surface area (Å²) in [6, 6.07) is 13.1. The second-order valence-electron chi connectivity index (χ2n) is 5.60. The van der Waals surface area contributed by atoms with Gasteiger partial charge in [0.25, 0.3) is 5.91 Å². The van der Waals surface area contributed by atoms with Gasteiger partial charge in [0.2, 0.25) is 0 Å². The molecule has 2 aromatic carbocycles. The molecule has 1 aliphatic heterocycles. The van der Waals surface area contributed by atoms with Crippen molar-refractivity contribution >= 4 is 44.0 Å². The minimum absolute atomic E-state index is 0.0611. The van der Waals surface area contributed by atoms with Gasteiger partial charge in [-0.1, -0.05) is 46.3 Å². The van der Waals surface area contributed by atoms with Crippen molar-refractivity contribution in [3.05, 3.63) is 62.5 Å². The number of amides is 1. The van der Waals surface area contributed by atoms with E-state index >= 15 is 0 Å². The third kappa shape index (κ3) is 4.46. The summed E-state index contributed by atoms with van der Waals surface area (Å²) >= 11 is 6.60. The van der Waals surface area contributed by atoms with E-state index in [1.54, 1.807) is 12.1 Å². The summed E-state index contributed by atoms with van der Waals surface area (Å²) in [7, 11) is 0. The van der Waals surface area contributed by atoms with Crippen LogP contribution in [0, 0.1) is 0 Å². The number of hydrogen-bond acceptors (Lipinski definition) is 5. The van der Waals surface area contributed by atoms with Crippen LogP contribution in [0.3, 0.4) is 0 Å². The Morgan fingerprint density at radius 3 is 2.76 bits per heavy atom. The van der Waals surface area contributed by atoms with Gasteiger partial charge in [-0.3, -0.25) is 4.79 Å². The number of hydrazine groups is 1. The zero-order valence-electron chi connectivity index (χ0n) is 13.0. The lowest BCUT2D eigenvalue weighted by molar-refractivity contribution is -0.122. The van der Waals surface area contributed by atoms with Crippen LogP contribution in [0.2, 0.25) is 0 Å². The van der Waals surface area contributed by atoms with E-state index in [-0.39, 0.29) is 23.7 Å². The zero-order chi connectivity index (χ0) is 17.8. The third-order valence-corrected chi connectivity index (χ3v) is 4.92. The van der Waals surface area contributed by atoms with Crippen molar-refractivity contribution in [2.75, 3.05) is 0 Å². The molecule has 1 saturated heterocycles. The lowest BCUT2D eigenvalue weighted by Gasteiger charge is -2.08. The predicted molar refractivity (Wildman–Crippen MR) is 103 cm³/mol. The highest BCUT2D eigenvalue weighted by atomic mass is 79.9. The fraction of sp³-hybridized carbons (Fsp3) is 0.176. The van der Waals surface area contributed by atoms with Gasteiger partial charge in [-0.05, 0) is 40.0 Å². The number of benzene rings is 2. The Labute approximate surface area is 161 Å². The van der Waals surface area contributed by atoms with Gasteiger partial charge >= 0.3 is 0 Å². The molecule has 0 bridgehead atoms. The number of hydrazone groups is 1. The maximum atomic E-state index is 12.2. The average molecular weight is 468 g/mol. The van der Waals surface area contributed by atoms with Gasteiger partial charge in [-0.25, -0.2) is 16.3 Å². The molecular formula is C17H16Br2N4O2. The Balaban J connectivity index is 1.58. The van der Waals surface area contributed by atoms with Gasteiger partial charge in [-0.15, -0.1) is 0 Å². The second kappa shape index (κ2) is 8.09. The molecule has 0 spiro atoms. The van der Waals surface area contributed by atoms with Crippen LogP contribution in [-0.2, 0) is 4.79 Å². The minimum Gasteiger partial charge on any atom is -0.506 e. The van der Waals surface area contributed by atoms with Crippen LogP contribution in [0.4, 0.5) is 0 Å². The summed E-state index contributed by atoms with van der Waals surface area (Å²) in [5.41, 5.74) is 10.2. The fourth-order valence-electron chi connectivity index (χ4n) is 2.56. The normalized spacial score (nSPS) is 20.1. The molecule has 0 saturated carbocycles. The Kier molecular flexibility index (Phi) is 5.85. The maximum absolute atomic E-state index is 12.2. The van der Waals surface area contributed by atoms with E-state index in [1.165, 1.54) is 6.21 Å². The molecule has 130 valence electrons. The predicted octanol–water partition coefficient (Wildman–Crippen LogP) is 2.98. The molecule has 1 amide bonds. The Bertz CT molecular complexity index is 799. The van der Waals surface area contributed by atoms with E-state index in [0.29, 0.717) is 16.5 Å². The third-order valence-electron chi connectivity index (χ3n) is 3.86. The van der Waals surface area contributed by atoms with Crippen LogP contribution in [0.15, 0.2) is 56.5 Å². The Morgan fingerprint density at radius 2 is 2.00 bits per heavy atom. The Hall–Kier alpha value is -1.74. The lowest BCUT2D eigenvalue weighted by Crippen LogP contribution is -2.41. The quantitative estimate of drug-likeness (QED) is 0.411. The molecule has 1 heterocycles. The molecule has 0 radical (unpaired) electrons. The second-order valence-corrected chi connectivity index (χ2v) is 7.37. The van der Waals surface area contributed by atoms with Crippen molar-refractivity contribution in [3.63, 3.8) is 0 Å². The highest BCUT2D eigenvalue weighted by Gasteiger charge is 2.29. The topological polar surface area (TPSA) is 85.8 Å². The van der Waals surface area contributed by atoms with Crippen LogP contribution in [-0.4, -0.2) is 23.3 Å². The number of carbonyl (C=O) groups excluding carboxylic acids is 1. The molecule has 3 rings (SSSR count). The Morgan fingerprint density at radius 1 is 1.24 bits per heavy atom. The summed E-state index contributed by atoms with van der Waals surface area (Å²) in [5.74, 6) is -0.179. The molecule has 2 aromatic rings. The molecular weight excluding hydrogens is 452 g/mol. The minimum atomic E-state index is -0.384. The van der Waals surface area contributed by atoms with Crippen molar-refractivity contribution < 1.29 is 9.90 Å². The smallest absolute Gasteiger partial charge is 0.258 e. The molecule has 0 aliphatic carbocycles. The van der Waals surface area contributed by atoms with E-state index in [1.807, 2.05) is 30.3 Å². The number of rotatable bonds is 4. The van der Waals surface area contributed by atoms with Crippen LogP contribution < -0.4 is 16.3 Å². The van der Waals surface area contributed by atoms with Gasteiger partial charge in [0.05, 0.1) is 10.7 Å². The molecule has 4 N–H and O–H groups in total. The number of phenols is 1. The molecule has 25 heavy (non-hydrogen) atoms. The zero-order valence-corrected chi connectivity index (χ0v) is 16.2. The van der Waals surface area contributed by atoms with E-state index in [2.05, 4.69) is 53.2 Å². The summed E-state index contributed by atoms with van der Waals surface area (Å²) in [5, 5.41) is 13.9. The molecule has 1 fully saturated rings. The number of halogens is 2. The first-order chi connectivity index (χ1) is 12.0. The van der Waals surface area contributed by atoms with E-state index in [9.17, 15) is 9.90 Å². The largest absolute Gasteiger partial charge is 0.506 e. The van der Waals surface area contributed by atoms with E-state index < -0.39 is 0 Å². The van der Waals surface area contributed by atoms with Crippen molar-refractivity contribution in [1.82, 2.24) is 16.3 Å². The van der Waals surface area contributed by atoms with Gasteiger partial charge in [0.1, 0.15) is 11.8 Å². The number of nitrogens with zero attached hydrogens (tertiary/aromatic N) is 1. The molecule has 1 aliphatic rings. The SMILES string of the molecule is O=C(N/N=C/c1cc(Br)cc(Br)c1O)C1CC(c2ccccc2)NN1. The highest BCUT2D eigenvalue weighted by molar-refractivity contribution is 9.11. The number of hydrogen-bond donors (Lipinski definition) is 4. The number of nitrogens with one attached hydrogen (secondary N) is 3. The number of aromatic hydroxyl groups is 1. The number of phenolic OH excluding ortho intramolecular Hbond substituents is 1. The van der Waals surface area contributed by atoms with Crippen LogP contribution >= 0.6 is 31.9 Å². The standard InChI is InChI=1S/C17H16Br2N4O2/c18-12-6-11(16(24)13(19)7-12)9-20-23-17(25)15-8-14(21-22-15)10-4-2-1-3-5-10/h1-7,9,14-15,21-22,24H,8H2,(H,23,25)/b20-9+. The maximum Gasteiger partial charge on any atom is 0.258 e. The van der Waals surface area contributed by atoms with E-state index in [4.69, 9.17) is 0 Å². The fourth-order valence-corrected chi connectivity index (χ4v) is 3.82. The monoisotopic (exact) mass is 466 g/mol. The van der Waals surface area contributed by atoms with Gasteiger partial charge in [0.15, 0.2) is 0 Å². The summed E-state index contributed by atoms with van der Waals surface area (Å²) in [4.78, 5) is 12.2. The lowest BCUT2D eigenvalue weighted by atomic mass is 10.0. The first-order valence-electron chi connectivity index (χ1n) is 7.61. The average Bonchev–Trinajstić information content (AvgIpc) is 3.10. The molecule has 8 heteroatoms. The van der Waals surface area contributed by atoms with Crippen LogP contribution in [0.25, 0.3) is 0 Å². The van der Waals surface area contributed by atoms with Crippen molar-refractivity contribution in [2.45, 2.75) is 18.5 Å². The van der Waals surface area contributed by atoms with E-state index in [0.717, 1.165) is 10.0 Å². The van der Waals surface area contributed by atoms with Crippen LogP contribution in [0.1, 0.15) is 23.6 Å².